The van der Waals surface area contributed by atoms with Gasteiger partial charge in [-0.05, 0) is 5.56 Å². The first-order valence-corrected chi connectivity index (χ1v) is 7.55. The van der Waals surface area contributed by atoms with Crippen LogP contribution >= 0.6 is 0 Å². The number of hydrogen-bond acceptors (Lipinski definition) is 4. The standard InChI is InChI=1S/C12H17NO3S/c14-10-12(11-4-2-1-3-5-11)13-6-8-17(15,16)9-7-13/h1-5,12,14H,6-10H2/t12-/m0/s1. The molecule has 0 saturated carbocycles. The van der Waals surface area contributed by atoms with E-state index in [4.69, 9.17) is 0 Å². The van der Waals surface area contributed by atoms with Crippen molar-refractivity contribution < 1.29 is 13.5 Å². The van der Waals surface area contributed by atoms with Gasteiger partial charge < -0.3 is 5.11 Å². The van der Waals surface area contributed by atoms with Crippen molar-refractivity contribution in [3.63, 3.8) is 0 Å². The van der Waals surface area contributed by atoms with Crippen LogP contribution in [0.5, 0.6) is 0 Å². The van der Waals surface area contributed by atoms with Crippen molar-refractivity contribution in [1.29, 1.82) is 0 Å². The fourth-order valence-electron chi connectivity index (χ4n) is 2.15. The van der Waals surface area contributed by atoms with Gasteiger partial charge in [-0.1, -0.05) is 30.3 Å². The van der Waals surface area contributed by atoms with E-state index in [9.17, 15) is 13.5 Å². The normalized spacial score (nSPS) is 22.2. The molecule has 1 heterocycles. The molecule has 1 aliphatic heterocycles. The molecule has 1 saturated heterocycles. The fraction of sp³-hybridized carbons (Fsp3) is 0.500. The number of benzene rings is 1. The largest absolute Gasteiger partial charge is 0.394 e. The van der Waals surface area contributed by atoms with E-state index in [1.807, 2.05) is 35.2 Å². The highest BCUT2D eigenvalue weighted by atomic mass is 32.2. The first-order chi connectivity index (χ1) is 8.12. The Balaban J connectivity index is 2.11. The number of aliphatic hydroxyl groups excluding tert-OH is 1. The van der Waals surface area contributed by atoms with Crippen LogP contribution in [0.3, 0.4) is 0 Å². The quantitative estimate of drug-likeness (QED) is 0.852. The minimum atomic E-state index is -2.86. The van der Waals surface area contributed by atoms with Crippen LogP contribution in [-0.2, 0) is 9.84 Å². The highest BCUT2D eigenvalue weighted by Crippen LogP contribution is 2.21. The van der Waals surface area contributed by atoms with Gasteiger partial charge in [0.15, 0.2) is 9.84 Å². The van der Waals surface area contributed by atoms with Crippen LogP contribution in [0.2, 0.25) is 0 Å². The number of aliphatic hydroxyl groups is 1. The van der Waals surface area contributed by atoms with Crippen LogP contribution in [0.4, 0.5) is 0 Å². The third-order valence-electron chi connectivity index (χ3n) is 3.18. The molecule has 17 heavy (non-hydrogen) atoms. The summed E-state index contributed by atoms with van der Waals surface area (Å²) in [6.07, 6.45) is 0. The second-order valence-electron chi connectivity index (χ2n) is 4.30. The molecule has 0 aliphatic carbocycles. The topological polar surface area (TPSA) is 57.6 Å². The summed E-state index contributed by atoms with van der Waals surface area (Å²) in [5.74, 6) is 0.382. The molecule has 2 rings (SSSR count). The fourth-order valence-corrected chi connectivity index (χ4v) is 3.37. The van der Waals surface area contributed by atoms with E-state index in [1.165, 1.54) is 0 Å². The van der Waals surface area contributed by atoms with Crippen molar-refractivity contribution in [2.75, 3.05) is 31.2 Å². The van der Waals surface area contributed by atoms with Crippen molar-refractivity contribution in [1.82, 2.24) is 4.90 Å². The number of nitrogens with zero attached hydrogens (tertiary/aromatic N) is 1. The molecule has 0 spiro atoms. The van der Waals surface area contributed by atoms with Gasteiger partial charge in [-0.15, -0.1) is 0 Å². The average molecular weight is 255 g/mol. The number of rotatable bonds is 3. The lowest BCUT2D eigenvalue weighted by atomic mass is 10.1. The van der Waals surface area contributed by atoms with Crippen molar-refractivity contribution in [2.45, 2.75) is 6.04 Å². The SMILES string of the molecule is O=S1(=O)CCN([C@@H](CO)c2ccccc2)CC1. The molecule has 4 nitrogen and oxygen atoms in total. The summed E-state index contributed by atoms with van der Waals surface area (Å²) in [7, 11) is -2.86. The molecule has 1 aromatic carbocycles. The minimum Gasteiger partial charge on any atom is -0.394 e. The van der Waals surface area contributed by atoms with E-state index < -0.39 is 9.84 Å². The maximum atomic E-state index is 11.4. The van der Waals surface area contributed by atoms with Crippen molar-refractivity contribution in [3.8, 4) is 0 Å². The summed E-state index contributed by atoms with van der Waals surface area (Å²) in [5, 5.41) is 9.47. The first-order valence-electron chi connectivity index (χ1n) is 5.73. The molecule has 1 N–H and O–H groups in total. The Morgan fingerprint density at radius 2 is 1.76 bits per heavy atom. The zero-order valence-corrected chi connectivity index (χ0v) is 10.4. The van der Waals surface area contributed by atoms with Crippen LogP contribution < -0.4 is 0 Å². The Morgan fingerprint density at radius 3 is 2.29 bits per heavy atom. The van der Waals surface area contributed by atoms with E-state index >= 15 is 0 Å². The molecule has 1 atom stereocenters. The Kier molecular flexibility index (Phi) is 3.81. The van der Waals surface area contributed by atoms with Gasteiger partial charge in [0.2, 0.25) is 0 Å². The second-order valence-corrected chi connectivity index (χ2v) is 6.60. The summed E-state index contributed by atoms with van der Waals surface area (Å²) < 4.78 is 22.7. The van der Waals surface area contributed by atoms with E-state index in [1.54, 1.807) is 0 Å². The molecule has 1 aliphatic rings. The van der Waals surface area contributed by atoms with Gasteiger partial charge in [-0.3, -0.25) is 4.90 Å². The second kappa shape index (κ2) is 5.16. The zero-order chi connectivity index (χ0) is 12.3. The van der Waals surface area contributed by atoms with Crippen molar-refractivity contribution in [3.05, 3.63) is 35.9 Å². The average Bonchev–Trinajstić information content (AvgIpc) is 2.33. The van der Waals surface area contributed by atoms with Crippen LogP contribution in [-0.4, -0.2) is 49.6 Å². The van der Waals surface area contributed by atoms with Crippen LogP contribution in [0.15, 0.2) is 30.3 Å². The Hall–Kier alpha value is -0.910. The summed E-state index contributed by atoms with van der Waals surface area (Å²) in [4.78, 5) is 2.04. The molecular weight excluding hydrogens is 238 g/mol. The van der Waals surface area contributed by atoms with Gasteiger partial charge in [0.25, 0.3) is 0 Å². The van der Waals surface area contributed by atoms with E-state index in [0.717, 1.165) is 5.56 Å². The Morgan fingerprint density at radius 1 is 1.18 bits per heavy atom. The van der Waals surface area contributed by atoms with Crippen molar-refractivity contribution >= 4 is 9.84 Å². The van der Waals surface area contributed by atoms with Gasteiger partial charge in [0.05, 0.1) is 24.2 Å². The summed E-state index contributed by atoms with van der Waals surface area (Å²) in [6.45, 7) is 1.02. The molecule has 94 valence electrons. The highest BCUT2D eigenvalue weighted by Gasteiger charge is 2.27. The Labute approximate surface area is 102 Å². The molecule has 0 radical (unpaired) electrons. The summed E-state index contributed by atoms with van der Waals surface area (Å²) >= 11 is 0. The lowest BCUT2D eigenvalue weighted by molar-refractivity contribution is 0.131. The molecule has 0 unspecified atom stereocenters. The third-order valence-corrected chi connectivity index (χ3v) is 4.79. The van der Waals surface area contributed by atoms with Crippen LogP contribution in [0, 0.1) is 0 Å². The van der Waals surface area contributed by atoms with Gasteiger partial charge in [0, 0.05) is 13.1 Å². The predicted molar refractivity (Wildman–Crippen MR) is 66.5 cm³/mol. The molecule has 1 aromatic rings. The monoisotopic (exact) mass is 255 g/mol. The summed E-state index contributed by atoms with van der Waals surface area (Å²) in [5.41, 5.74) is 1.04. The zero-order valence-electron chi connectivity index (χ0n) is 9.62. The Bertz CT molecular complexity index is 444. The van der Waals surface area contributed by atoms with Crippen LogP contribution in [0.1, 0.15) is 11.6 Å². The third kappa shape index (κ3) is 3.06. The van der Waals surface area contributed by atoms with E-state index in [2.05, 4.69) is 0 Å². The van der Waals surface area contributed by atoms with Crippen LogP contribution in [0.25, 0.3) is 0 Å². The molecule has 5 heteroatoms. The van der Waals surface area contributed by atoms with E-state index in [0.29, 0.717) is 13.1 Å². The lowest BCUT2D eigenvalue weighted by Gasteiger charge is -2.33. The lowest BCUT2D eigenvalue weighted by Crippen LogP contribution is -2.43. The molecular formula is C12H17NO3S. The van der Waals surface area contributed by atoms with Crippen molar-refractivity contribution in [2.24, 2.45) is 0 Å². The number of sulfone groups is 1. The first kappa shape index (κ1) is 12.5. The maximum absolute atomic E-state index is 11.4. The summed E-state index contributed by atoms with van der Waals surface area (Å²) in [6, 6.07) is 9.62. The highest BCUT2D eigenvalue weighted by molar-refractivity contribution is 7.91. The molecule has 0 bridgehead atoms. The molecule has 0 aromatic heterocycles. The molecule has 0 amide bonds. The smallest absolute Gasteiger partial charge is 0.152 e. The van der Waals surface area contributed by atoms with Gasteiger partial charge in [-0.25, -0.2) is 8.42 Å². The van der Waals surface area contributed by atoms with Gasteiger partial charge in [-0.2, -0.15) is 0 Å². The number of hydrogen-bond donors (Lipinski definition) is 1. The van der Waals surface area contributed by atoms with Gasteiger partial charge in [0.1, 0.15) is 0 Å². The maximum Gasteiger partial charge on any atom is 0.152 e. The predicted octanol–water partition coefficient (Wildman–Crippen LogP) is 0.450. The van der Waals surface area contributed by atoms with Gasteiger partial charge >= 0.3 is 0 Å². The minimum absolute atomic E-state index is 0.0179. The molecule has 1 fully saturated rings. The van der Waals surface area contributed by atoms with E-state index in [-0.39, 0.29) is 24.2 Å².